The van der Waals surface area contributed by atoms with Crippen LogP contribution in [0.3, 0.4) is 0 Å². The second-order valence-electron chi connectivity index (χ2n) is 5.27. The molecule has 0 spiro atoms. The van der Waals surface area contributed by atoms with Gasteiger partial charge in [-0.2, -0.15) is 0 Å². The van der Waals surface area contributed by atoms with Gasteiger partial charge in [-0.25, -0.2) is 9.97 Å². The summed E-state index contributed by atoms with van der Waals surface area (Å²) in [5.41, 5.74) is 6.05. The quantitative estimate of drug-likeness (QED) is 0.832. The van der Waals surface area contributed by atoms with Crippen LogP contribution in [0.5, 0.6) is 0 Å². The van der Waals surface area contributed by atoms with Crippen LogP contribution in [0.2, 0.25) is 0 Å². The Labute approximate surface area is 102 Å². The minimum absolute atomic E-state index is 0.0890. The van der Waals surface area contributed by atoms with Crippen LogP contribution >= 0.6 is 0 Å². The normalized spacial score (nSPS) is 13.2. The van der Waals surface area contributed by atoms with E-state index in [0.717, 1.165) is 5.82 Å². The van der Waals surface area contributed by atoms with Gasteiger partial charge in [0, 0.05) is 17.9 Å². The molecular formula is C12H20N4O. The molecule has 0 saturated heterocycles. The molecule has 0 fully saturated rings. The maximum absolute atomic E-state index is 11.5. The molecule has 1 unspecified atom stereocenters. The van der Waals surface area contributed by atoms with Gasteiger partial charge < -0.3 is 11.1 Å². The fraction of sp³-hybridized carbons (Fsp3) is 0.583. The van der Waals surface area contributed by atoms with E-state index in [1.807, 2.05) is 20.8 Å². The first kappa shape index (κ1) is 13.6. The number of nitrogens with one attached hydrogen (secondary N) is 1. The van der Waals surface area contributed by atoms with Gasteiger partial charge in [-0.1, -0.05) is 20.8 Å². The minimum atomic E-state index is -0.148. The number of carbonyl (C=O) groups is 1. The molecule has 1 aromatic heterocycles. The van der Waals surface area contributed by atoms with Crippen molar-refractivity contribution in [3.63, 3.8) is 0 Å². The molecule has 1 aromatic rings. The van der Waals surface area contributed by atoms with Crippen molar-refractivity contribution in [3.8, 4) is 0 Å². The van der Waals surface area contributed by atoms with E-state index in [-0.39, 0.29) is 17.4 Å². The second kappa shape index (κ2) is 5.23. The number of amides is 1. The van der Waals surface area contributed by atoms with Crippen molar-refractivity contribution >= 4 is 11.6 Å². The standard InChI is InChI=1S/C12H20N4O/c1-8(13)5-10(17)16-9-6-14-11(15-7-9)12(2,3)4/h6-8H,5,13H2,1-4H3,(H,16,17). The minimum Gasteiger partial charge on any atom is -0.327 e. The van der Waals surface area contributed by atoms with Crippen LogP contribution in [0.25, 0.3) is 0 Å². The number of hydrogen-bond acceptors (Lipinski definition) is 4. The van der Waals surface area contributed by atoms with Crippen molar-refractivity contribution in [1.82, 2.24) is 9.97 Å². The number of nitrogens with two attached hydrogens (primary N) is 1. The molecule has 1 heterocycles. The molecule has 1 atom stereocenters. The molecule has 0 aromatic carbocycles. The summed E-state index contributed by atoms with van der Waals surface area (Å²) in [5.74, 6) is 0.634. The van der Waals surface area contributed by atoms with Gasteiger partial charge in [0.25, 0.3) is 0 Å². The lowest BCUT2D eigenvalue weighted by atomic mass is 9.96. The maximum atomic E-state index is 11.5. The molecule has 1 rings (SSSR count). The zero-order chi connectivity index (χ0) is 13.1. The molecule has 0 saturated carbocycles. The van der Waals surface area contributed by atoms with E-state index < -0.39 is 0 Å². The topological polar surface area (TPSA) is 80.9 Å². The first-order valence-electron chi connectivity index (χ1n) is 5.67. The molecule has 17 heavy (non-hydrogen) atoms. The number of carbonyl (C=O) groups excluding carboxylic acids is 1. The molecule has 0 aliphatic rings. The highest BCUT2D eigenvalue weighted by molar-refractivity contribution is 5.90. The lowest BCUT2D eigenvalue weighted by Gasteiger charge is -2.16. The molecule has 0 bridgehead atoms. The van der Waals surface area contributed by atoms with E-state index in [9.17, 15) is 4.79 Å². The van der Waals surface area contributed by atoms with Crippen LogP contribution in [0.15, 0.2) is 12.4 Å². The van der Waals surface area contributed by atoms with Gasteiger partial charge >= 0.3 is 0 Å². The Morgan fingerprint density at radius 3 is 2.35 bits per heavy atom. The summed E-state index contributed by atoms with van der Waals surface area (Å²) < 4.78 is 0. The van der Waals surface area contributed by atoms with Gasteiger partial charge in [0.1, 0.15) is 5.82 Å². The van der Waals surface area contributed by atoms with Crippen molar-refractivity contribution in [2.45, 2.75) is 45.6 Å². The molecule has 1 amide bonds. The van der Waals surface area contributed by atoms with Crippen molar-refractivity contribution in [2.75, 3.05) is 5.32 Å². The number of anilines is 1. The zero-order valence-corrected chi connectivity index (χ0v) is 10.8. The van der Waals surface area contributed by atoms with Crippen LogP contribution in [-0.2, 0) is 10.2 Å². The number of hydrogen-bond donors (Lipinski definition) is 2. The third kappa shape index (κ3) is 4.48. The van der Waals surface area contributed by atoms with Gasteiger partial charge in [-0.3, -0.25) is 4.79 Å². The molecule has 0 aliphatic carbocycles. The number of rotatable bonds is 3. The summed E-state index contributed by atoms with van der Waals surface area (Å²) in [5, 5.41) is 2.71. The fourth-order valence-electron chi connectivity index (χ4n) is 1.28. The van der Waals surface area contributed by atoms with Crippen molar-refractivity contribution < 1.29 is 4.79 Å². The third-order valence-corrected chi connectivity index (χ3v) is 2.11. The van der Waals surface area contributed by atoms with Crippen molar-refractivity contribution in [1.29, 1.82) is 0 Å². The average Bonchev–Trinajstić information content (AvgIpc) is 2.15. The summed E-state index contributed by atoms with van der Waals surface area (Å²) in [7, 11) is 0. The van der Waals surface area contributed by atoms with E-state index in [1.165, 1.54) is 0 Å². The van der Waals surface area contributed by atoms with Gasteiger partial charge in [-0.15, -0.1) is 0 Å². The molecule has 94 valence electrons. The Balaban J connectivity index is 2.66. The summed E-state index contributed by atoms with van der Waals surface area (Å²) in [6.07, 6.45) is 3.53. The lowest BCUT2D eigenvalue weighted by Crippen LogP contribution is -2.24. The molecular weight excluding hydrogens is 216 g/mol. The monoisotopic (exact) mass is 236 g/mol. The van der Waals surface area contributed by atoms with E-state index in [4.69, 9.17) is 5.73 Å². The summed E-state index contributed by atoms with van der Waals surface area (Å²) >= 11 is 0. The predicted octanol–water partition coefficient (Wildman–Crippen LogP) is 1.45. The molecule has 0 radical (unpaired) electrons. The van der Waals surface area contributed by atoms with Gasteiger partial charge in [-0.05, 0) is 6.92 Å². The van der Waals surface area contributed by atoms with Crippen molar-refractivity contribution in [2.24, 2.45) is 5.73 Å². The van der Waals surface area contributed by atoms with Crippen LogP contribution < -0.4 is 11.1 Å². The zero-order valence-electron chi connectivity index (χ0n) is 10.8. The molecule has 0 aliphatic heterocycles. The Kier molecular flexibility index (Phi) is 4.17. The lowest BCUT2D eigenvalue weighted by molar-refractivity contribution is -0.116. The highest BCUT2D eigenvalue weighted by atomic mass is 16.1. The first-order valence-corrected chi connectivity index (χ1v) is 5.67. The largest absolute Gasteiger partial charge is 0.327 e. The summed E-state index contributed by atoms with van der Waals surface area (Å²) in [4.78, 5) is 19.9. The fourth-order valence-corrected chi connectivity index (χ4v) is 1.28. The van der Waals surface area contributed by atoms with Crippen LogP contribution in [0.1, 0.15) is 39.9 Å². The van der Waals surface area contributed by atoms with E-state index >= 15 is 0 Å². The van der Waals surface area contributed by atoms with Gasteiger partial charge in [0.05, 0.1) is 18.1 Å². The average molecular weight is 236 g/mol. The summed E-state index contributed by atoms with van der Waals surface area (Å²) in [6, 6.07) is -0.148. The van der Waals surface area contributed by atoms with Gasteiger partial charge in [0.15, 0.2) is 0 Å². The second-order valence-corrected chi connectivity index (χ2v) is 5.27. The Morgan fingerprint density at radius 2 is 1.94 bits per heavy atom. The maximum Gasteiger partial charge on any atom is 0.226 e. The molecule has 5 heteroatoms. The van der Waals surface area contributed by atoms with Crippen LogP contribution in [-0.4, -0.2) is 21.9 Å². The van der Waals surface area contributed by atoms with Crippen molar-refractivity contribution in [3.05, 3.63) is 18.2 Å². The number of aromatic nitrogens is 2. The number of nitrogens with zero attached hydrogens (tertiary/aromatic N) is 2. The Bertz CT molecular complexity index is 378. The van der Waals surface area contributed by atoms with Crippen LogP contribution in [0, 0.1) is 0 Å². The SMILES string of the molecule is CC(N)CC(=O)Nc1cnc(C(C)(C)C)nc1. The highest BCUT2D eigenvalue weighted by Crippen LogP contribution is 2.18. The summed E-state index contributed by atoms with van der Waals surface area (Å²) in [6.45, 7) is 7.91. The third-order valence-electron chi connectivity index (χ3n) is 2.11. The first-order chi connectivity index (χ1) is 7.79. The van der Waals surface area contributed by atoms with Crippen LogP contribution in [0.4, 0.5) is 5.69 Å². The smallest absolute Gasteiger partial charge is 0.226 e. The van der Waals surface area contributed by atoms with E-state index in [1.54, 1.807) is 19.3 Å². The Hall–Kier alpha value is -1.49. The Morgan fingerprint density at radius 1 is 1.41 bits per heavy atom. The molecule has 3 N–H and O–H groups in total. The van der Waals surface area contributed by atoms with E-state index in [0.29, 0.717) is 12.1 Å². The van der Waals surface area contributed by atoms with Gasteiger partial charge in [0.2, 0.25) is 5.91 Å². The molecule has 5 nitrogen and oxygen atoms in total. The van der Waals surface area contributed by atoms with E-state index in [2.05, 4.69) is 15.3 Å². The highest BCUT2D eigenvalue weighted by Gasteiger charge is 2.16. The predicted molar refractivity (Wildman–Crippen MR) is 67.6 cm³/mol.